The molecule has 0 radical (unpaired) electrons. The molecule has 6 heteroatoms. The number of likely N-dealkylation sites (tertiary alicyclic amines) is 1. The van der Waals surface area contributed by atoms with E-state index < -0.39 is 5.97 Å². The molecule has 2 amide bonds. The first-order chi connectivity index (χ1) is 9.94. The summed E-state index contributed by atoms with van der Waals surface area (Å²) in [6.45, 7) is 5.26. The fourth-order valence-corrected chi connectivity index (χ4v) is 3.70. The van der Waals surface area contributed by atoms with Crippen LogP contribution in [0, 0.1) is 12.8 Å². The number of nitrogens with zero attached hydrogens (tertiary/aromatic N) is 1. The molecule has 2 N–H and O–H groups in total. The second-order valence-electron chi connectivity index (χ2n) is 5.77. The molecule has 0 aliphatic carbocycles. The highest BCUT2D eigenvalue weighted by atomic mass is 32.1. The van der Waals surface area contributed by atoms with Gasteiger partial charge in [0, 0.05) is 41.7 Å². The van der Waals surface area contributed by atoms with Gasteiger partial charge in [0.15, 0.2) is 0 Å². The third-order valence-electron chi connectivity index (χ3n) is 3.71. The first kappa shape index (κ1) is 15.8. The second kappa shape index (κ2) is 6.93. The number of hydrogen-bond donors (Lipinski definition) is 2. The predicted molar refractivity (Wildman–Crippen MR) is 82.7 cm³/mol. The van der Waals surface area contributed by atoms with Crippen LogP contribution < -0.4 is 5.32 Å². The highest BCUT2D eigenvalue weighted by Gasteiger charge is 2.28. The Hall–Kier alpha value is -1.56. The molecule has 1 saturated heterocycles. The summed E-state index contributed by atoms with van der Waals surface area (Å²) in [4.78, 5) is 27.1. The minimum absolute atomic E-state index is 0.0778. The smallest absolute Gasteiger partial charge is 0.317 e. The summed E-state index contributed by atoms with van der Waals surface area (Å²) in [6.07, 6.45) is 1.75. The van der Waals surface area contributed by atoms with E-state index in [-0.39, 0.29) is 24.4 Å². The Bertz CT molecular complexity index is 515. The summed E-state index contributed by atoms with van der Waals surface area (Å²) in [5, 5.41) is 11.8. The third-order valence-corrected chi connectivity index (χ3v) is 4.73. The van der Waals surface area contributed by atoms with Crippen molar-refractivity contribution in [2.75, 3.05) is 13.1 Å². The number of hydrogen-bond acceptors (Lipinski definition) is 3. The van der Waals surface area contributed by atoms with Gasteiger partial charge in [-0.15, -0.1) is 11.3 Å². The summed E-state index contributed by atoms with van der Waals surface area (Å²) in [6, 6.07) is 4.19. The number of urea groups is 1. The lowest BCUT2D eigenvalue weighted by Gasteiger charge is -2.20. The fourth-order valence-electron chi connectivity index (χ4n) is 2.68. The van der Waals surface area contributed by atoms with Crippen LogP contribution in [0.2, 0.25) is 0 Å². The van der Waals surface area contributed by atoms with Gasteiger partial charge >= 0.3 is 12.0 Å². The molecular weight excluding hydrogens is 288 g/mol. The summed E-state index contributed by atoms with van der Waals surface area (Å²) < 4.78 is 0. The maximum atomic E-state index is 12.2. The van der Waals surface area contributed by atoms with E-state index in [1.54, 1.807) is 16.2 Å². The number of carboxylic acids is 1. The highest BCUT2D eigenvalue weighted by Crippen LogP contribution is 2.20. The second-order valence-corrected chi connectivity index (χ2v) is 7.14. The van der Waals surface area contributed by atoms with Crippen molar-refractivity contribution >= 4 is 23.3 Å². The van der Waals surface area contributed by atoms with E-state index >= 15 is 0 Å². The summed E-state index contributed by atoms with van der Waals surface area (Å²) >= 11 is 1.75. The summed E-state index contributed by atoms with van der Waals surface area (Å²) in [7, 11) is 0. The Labute approximate surface area is 129 Å². The zero-order valence-corrected chi connectivity index (χ0v) is 13.3. The van der Waals surface area contributed by atoms with Crippen molar-refractivity contribution in [3.05, 3.63) is 21.9 Å². The van der Waals surface area contributed by atoms with Crippen LogP contribution >= 0.6 is 11.3 Å². The number of carbonyl (C=O) groups excluding carboxylic acids is 1. The lowest BCUT2D eigenvalue weighted by Crippen LogP contribution is -2.43. The Morgan fingerprint density at radius 3 is 2.90 bits per heavy atom. The molecule has 0 aromatic carbocycles. The predicted octanol–water partition coefficient (Wildman–Crippen LogP) is 2.49. The number of rotatable bonds is 5. The molecule has 2 unspecified atom stereocenters. The Morgan fingerprint density at radius 2 is 2.29 bits per heavy atom. The molecule has 5 nitrogen and oxygen atoms in total. The van der Waals surface area contributed by atoms with Gasteiger partial charge in [0.1, 0.15) is 0 Å². The number of aryl methyl sites for hydroxylation is 1. The SMILES string of the molecule is Cc1ccc(CC(C)NC(=O)N2CCC(CC(=O)O)C2)s1. The van der Waals surface area contributed by atoms with E-state index in [0.29, 0.717) is 13.1 Å². The van der Waals surface area contributed by atoms with Gasteiger partial charge in [0.2, 0.25) is 0 Å². The van der Waals surface area contributed by atoms with Crippen molar-refractivity contribution in [3.8, 4) is 0 Å². The molecule has 21 heavy (non-hydrogen) atoms. The largest absolute Gasteiger partial charge is 0.481 e. The average Bonchev–Trinajstić information content (AvgIpc) is 2.98. The number of aliphatic carboxylic acids is 1. The standard InChI is InChI=1S/C15H22N2O3S/c1-10(7-13-4-3-11(2)21-13)16-15(20)17-6-5-12(9-17)8-14(18)19/h3-4,10,12H,5-9H2,1-2H3,(H,16,20)(H,18,19). The molecule has 1 aromatic rings. The van der Waals surface area contributed by atoms with Crippen LogP contribution in [0.5, 0.6) is 0 Å². The molecule has 0 bridgehead atoms. The lowest BCUT2D eigenvalue weighted by molar-refractivity contribution is -0.138. The summed E-state index contributed by atoms with van der Waals surface area (Å²) in [5.41, 5.74) is 0. The van der Waals surface area contributed by atoms with E-state index in [1.165, 1.54) is 9.75 Å². The molecule has 0 saturated carbocycles. The number of amides is 2. The molecule has 2 rings (SSSR count). The number of carboxylic acid groups (broad SMARTS) is 1. The van der Waals surface area contributed by atoms with Crippen LogP contribution in [-0.4, -0.2) is 41.1 Å². The Balaban J connectivity index is 1.77. The van der Waals surface area contributed by atoms with Crippen LogP contribution in [0.15, 0.2) is 12.1 Å². The molecule has 0 spiro atoms. The number of carbonyl (C=O) groups is 2. The van der Waals surface area contributed by atoms with E-state index in [9.17, 15) is 9.59 Å². The van der Waals surface area contributed by atoms with E-state index in [0.717, 1.165) is 12.8 Å². The monoisotopic (exact) mass is 310 g/mol. The maximum absolute atomic E-state index is 12.2. The van der Waals surface area contributed by atoms with Crippen molar-refractivity contribution in [1.82, 2.24) is 10.2 Å². The van der Waals surface area contributed by atoms with Crippen LogP contribution in [0.3, 0.4) is 0 Å². The zero-order chi connectivity index (χ0) is 15.4. The van der Waals surface area contributed by atoms with Crippen LogP contribution in [0.25, 0.3) is 0 Å². The minimum Gasteiger partial charge on any atom is -0.481 e. The van der Waals surface area contributed by atoms with Crippen molar-refractivity contribution in [3.63, 3.8) is 0 Å². The normalized spacial score (nSPS) is 19.5. The molecule has 116 valence electrons. The zero-order valence-electron chi connectivity index (χ0n) is 12.5. The van der Waals surface area contributed by atoms with Crippen molar-refractivity contribution in [2.24, 2.45) is 5.92 Å². The fraction of sp³-hybridized carbons (Fsp3) is 0.600. The van der Waals surface area contributed by atoms with Crippen molar-refractivity contribution < 1.29 is 14.7 Å². The first-order valence-electron chi connectivity index (χ1n) is 7.26. The topological polar surface area (TPSA) is 69.6 Å². The Morgan fingerprint density at radius 1 is 1.52 bits per heavy atom. The van der Waals surface area contributed by atoms with Gasteiger partial charge in [0.05, 0.1) is 0 Å². The van der Waals surface area contributed by atoms with E-state index in [1.807, 2.05) is 6.92 Å². The molecular formula is C15H22N2O3S. The molecule has 1 aliphatic heterocycles. The van der Waals surface area contributed by atoms with Gasteiger partial charge in [-0.2, -0.15) is 0 Å². The average molecular weight is 310 g/mol. The van der Waals surface area contributed by atoms with Gasteiger partial charge in [0.25, 0.3) is 0 Å². The maximum Gasteiger partial charge on any atom is 0.317 e. The van der Waals surface area contributed by atoms with Gasteiger partial charge in [-0.3, -0.25) is 4.79 Å². The van der Waals surface area contributed by atoms with Gasteiger partial charge in [-0.25, -0.2) is 4.79 Å². The lowest BCUT2D eigenvalue weighted by atomic mass is 10.1. The van der Waals surface area contributed by atoms with E-state index in [2.05, 4.69) is 24.4 Å². The van der Waals surface area contributed by atoms with Gasteiger partial charge in [-0.05, 0) is 38.3 Å². The first-order valence-corrected chi connectivity index (χ1v) is 8.08. The number of nitrogens with one attached hydrogen (secondary N) is 1. The molecule has 1 aromatic heterocycles. The van der Waals surface area contributed by atoms with Gasteiger partial charge < -0.3 is 15.3 Å². The quantitative estimate of drug-likeness (QED) is 0.878. The third kappa shape index (κ3) is 4.74. The molecule has 1 fully saturated rings. The van der Waals surface area contributed by atoms with Crippen LogP contribution in [0.1, 0.15) is 29.5 Å². The van der Waals surface area contributed by atoms with Crippen molar-refractivity contribution in [2.45, 2.75) is 39.2 Å². The van der Waals surface area contributed by atoms with Crippen LogP contribution in [-0.2, 0) is 11.2 Å². The molecule has 1 aliphatic rings. The van der Waals surface area contributed by atoms with E-state index in [4.69, 9.17) is 5.11 Å². The van der Waals surface area contributed by atoms with Crippen LogP contribution in [0.4, 0.5) is 4.79 Å². The molecule has 2 atom stereocenters. The summed E-state index contributed by atoms with van der Waals surface area (Å²) in [5.74, 6) is -0.702. The molecule has 2 heterocycles. The Kier molecular flexibility index (Phi) is 5.22. The van der Waals surface area contributed by atoms with Gasteiger partial charge in [-0.1, -0.05) is 0 Å². The highest BCUT2D eigenvalue weighted by molar-refractivity contribution is 7.11. The number of thiophene rings is 1. The van der Waals surface area contributed by atoms with Crippen molar-refractivity contribution in [1.29, 1.82) is 0 Å². The minimum atomic E-state index is -0.788.